The molecule has 3 rings (SSSR count). The third kappa shape index (κ3) is 18.7. The molecule has 1 aromatic carbocycles. The molecule has 2 heterocycles. The first kappa shape index (κ1) is 57.2. The number of rotatable bonds is 17. The Morgan fingerprint density at radius 1 is 0.826 bits per heavy atom. The summed E-state index contributed by atoms with van der Waals surface area (Å²) in [7, 11) is 1.81. The average molecular weight is 1010 g/mol. The summed E-state index contributed by atoms with van der Waals surface area (Å²) in [6.07, 6.45) is -0.921. The first-order chi connectivity index (χ1) is 32.3. The van der Waals surface area contributed by atoms with Gasteiger partial charge >= 0.3 is 0 Å². The van der Waals surface area contributed by atoms with Gasteiger partial charge in [0.05, 0.1) is 13.0 Å². The Morgan fingerprint density at radius 3 is 2.04 bits per heavy atom. The molecule has 2 saturated heterocycles. The zero-order chi connectivity index (χ0) is 51.7. The number of carbonyl (C=O) groups excluding carboxylic acids is 11. The van der Waals surface area contributed by atoms with Crippen LogP contribution in [0.15, 0.2) is 24.3 Å². The Morgan fingerprint density at radius 2 is 1.45 bits per heavy atom. The van der Waals surface area contributed by atoms with Crippen molar-refractivity contribution in [1.29, 1.82) is 0 Å². The minimum absolute atomic E-state index is 0.0356. The van der Waals surface area contributed by atoms with Crippen LogP contribution in [-0.2, 0) is 59.2 Å². The predicted molar refractivity (Wildman–Crippen MR) is 255 cm³/mol. The van der Waals surface area contributed by atoms with Gasteiger partial charge < -0.3 is 64.4 Å². The third-order valence-electron chi connectivity index (χ3n) is 11.2. The number of hydrogen-bond acceptors (Lipinski definition) is 14. The molecule has 69 heavy (non-hydrogen) atoms. The molecule has 0 spiro atoms. The van der Waals surface area contributed by atoms with Crippen LogP contribution in [0.4, 0.5) is 0 Å². The first-order valence-electron chi connectivity index (χ1n) is 22.7. The molecule has 0 unspecified atom stereocenters. The van der Waals surface area contributed by atoms with Crippen LogP contribution in [0, 0.1) is 11.8 Å². The van der Waals surface area contributed by atoms with Gasteiger partial charge in [-0.15, -0.1) is 0 Å². The zero-order valence-electron chi connectivity index (χ0n) is 39.7. The Labute approximate surface area is 408 Å². The van der Waals surface area contributed by atoms with Crippen LogP contribution >= 0.6 is 21.6 Å². The normalized spacial score (nSPS) is 23.8. The van der Waals surface area contributed by atoms with Gasteiger partial charge in [0.15, 0.2) is 5.37 Å². The minimum atomic E-state index is -1.76. The molecule has 23 nitrogen and oxygen atoms in total. The lowest BCUT2D eigenvalue weighted by atomic mass is 9.96. The maximum atomic E-state index is 14.6. The number of nitrogens with two attached hydrogens (primary N) is 3. The van der Waals surface area contributed by atoms with Crippen molar-refractivity contribution in [2.75, 3.05) is 13.1 Å². The maximum Gasteiger partial charge on any atom is 0.257 e. The summed E-state index contributed by atoms with van der Waals surface area (Å²) in [4.78, 5) is 149. The lowest BCUT2D eigenvalue weighted by molar-refractivity contribution is -0.141. The Bertz CT molecular complexity index is 2080. The van der Waals surface area contributed by atoms with E-state index in [1.165, 1.54) is 17.0 Å². The van der Waals surface area contributed by atoms with E-state index in [4.69, 9.17) is 17.2 Å². The van der Waals surface area contributed by atoms with Crippen LogP contribution in [0.3, 0.4) is 0 Å². The molecule has 382 valence electrons. The third-order valence-corrected chi connectivity index (χ3v) is 14.7. The van der Waals surface area contributed by atoms with Gasteiger partial charge in [-0.1, -0.05) is 67.8 Å². The Balaban J connectivity index is 2.11. The molecule has 0 aromatic heterocycles. The van der Waals surface area contributed by atoms with Gasteiger partial charge in [0.2, 0.25) is 59.1 Å². The number of phenolic OH excluding ortho intramolecular Hbond substituents is 1. The van der Waals surface area contributed by atoms with Crippen molar-refractivity contribution in [2.24, 2.45) is 29.0 Å². The Hall–Kier alpha value is -6.11. The van der Waals surface area contributed by atoms with Crippen molar-refractivity contribution in [1.82, 2.24) is 42.1 Å². The lowest BCUT2D eigenvalue weighted by Crippen LogP contribution is -2.60. The molecule has 2 aliphatic heterocycles. The van der Waals surface area contributed by atoms with Gasteiger partial charge in [0.1, 0.15) is 42.0 Å². The largest absolute Gasteiger partial charge is 0.508 e. The van der Waals surface area contributed by atoms with Crippen LogP contribution in [0.25, 0.3) is 0 Å². The number of phenols is 1. The Kier molecular flexibility index (Phi) is 22.0. The fraction of sp³-hybridized carbons (Fsp3) is 0.614. The summed E-state index contributed by atoms with van der Waals surface area (Å²) < 4.78 is -1.06. The summed E-state index contributed by atoms with van der Waals surface area (Å²) in [5.41, 5.74) is 16.7. The fourth-order valence-corrected chi connectivity index (χ4v) is 10.0. The molecule has 14 N–H and O–H groups in total. The smallest absolute Gasteiger partial charge is 0.257 e. The number of likely N-dealkylation sites (tertiary alicyclic amines) is 1. The van der Waals surface area contributed by atoms with Gasteiger partial charge in [-0.25, -0.2) is 0 Å². The van der Waals surface area contributed by atoms with Crippen LogP contribution in [0.2, 0.25) is 0 Å². The average Bonchev–Trinajstić information content (AvgIpc) is 3.76. The van der Waals surface area contributed by atoms with Crippen LogP contribution in [0.1, 0.15) is 98.5 Å². The van der Waals surface area contributed by atoms with Crippen LogP contribution in [-0.4, -0.2) is 134 Å². The van der Waals surface area contributed by atoms with Crippen molar-refractivity contribution in [2.45, 2.75) is 146 Å². The predicted octanol–water partition coefficient (Wildman–Crippen LogP) is -1.81. The molecule has 8 atom stereocenters. The molecule has 2 aliphatic rings. The molecular formula is C44H67N11O12S2. The highest BCUT2D eigenvalue weighted by molar-refractivity contribution is 8.77. The van der Waals surface area contributed by atoms with E-state index in [0.717, 1.165) is 21.6 Å². The molecule has 0 bridgehead atoms. The van der Waals surface area contributed by atoms with Gasteiger partial charge in [-0.3, -0.25) is 52.7 Å². The highest BCUT2D eigenvalue weighted by Gasteiger charge is 2.42. The molecule has 2 fully saturated rings. The topological polar surface area (TPSA) is 374 Å². The van der Waals surface area contributed by atoms with Gasteiger partial charge in [-0.05, 0) is 69.1 Å². The second-order valence-corrected chi connectivity index (χ2v) is 21.2. The van der Waals surface area contributed by atoms with Crippen LogP contribution < -0.4 is 54.4 Å². The minimum Gasteiger partial charge on any atom is -0.508 e. The highest BCUT2D eigenvalue weighted by atomic mass is 33.1. The molecule has 1 aromatic rings. The number of primary amides is 3. The van der Waals surface area contributed by atoms with Crippen molar-refractivity contribution < 1.29 is 57.8 Å². The number of carbonyl (C=O) groups is 11. The number of benzene rings is 1. The SMILES string of the molecule is CC[C@H](C)[C@@H]1NC(=O)[C@H](Cc2ccc(O)cc2)NC(=O)CC(C)(C)SS[C@@H](C(=O)N2CCC[C@H]2C(=O)N[C@@H](CC(C)C)C(=O)NCC(N)=O)NC(=O)[C@H](CC(N)=O)NC(=O)[C@H](CCC(N)=O)NC1=O. The molecule has 11 amide bonds. The standard InChI is InChI=1S/C44H67N11O12S2/c1-7-23(4)35-41(66)50-26(14-15-31(45)57)37(62)51-29(19-32(46)58)39(64)54-42(43(67)55-16-8-9-30(55)40(65)52-27(17-22(2)3)36(61)48-21-33(47)59)68-69-44(5,6)20-34(60)49-28(38(63)53-35)18-24-10-12-25(56)13-11-24/h10-13,22-23,26-30,35,42,56H,7-9,14-21H2,1-6H3,(H2,45,57)(H2,46,58)(H2,47,59)(H,48,61)(H,49,60)(H,50,66)(H,51,62)(H,52,65)(H,53,63)(H,54,64)/t23-,26-,27-,28-,29-,30-,35-,42-/m0/s1. The fourth-order valence-electron chi connectivity index (χ4n) is 7.45. The second kappa shape index (κ2) is 26.6. The van der Waals surface area contributed by atoms with Gasteiger partial charge in [-0.2, -0.15) is 0 Å². The van der Waals surface area contributed by atoms with E-state index < -0.39 is 137 Å². The van der Waals surface area contributed by atoms with E-state index in [0.29, 0.717) is 18.4 Å². The van der Waals surface area contributed by atoms with E-state index in [1.807, 2.05) is 13.8 Å². The quantitative estimate of drug-likeness (QED) is 0.0767. The van der Waals surface area contributed by atoms with Crippen molar-refractivity contribution in [3.05, 3.63) is 29.8 Å². The summed E-state index contributed by atoms with van der Waals surface area (Å²) in [6.45, 7) is 9.96. The van der Waals surface area contributed by atoms with Crippen molar-refractivity contribution in [3.8, 4) is 5.75 Å². The number of aromatic hydroxyl groups is 1. The van der Waals surface area contributed by atoms with Crippen molar-refractivity contribution >= 4 is 86.6 Å². The molecular weight excluding hydrogens is 939 g/mol. The van der Waals surface area contributed by atoms with Crippen molar-refractivity contribution in [3.63, 3.8) is 0 Å². The summed E-state index contributed by atoms with van der Waals surface area (Å²) in [5, 5.41) is 26.4. The zero-order valence-corrected chi connectivity index (χ0v) is 41.4. The second-order valence-electron chi connectivity index (χ2n) is 18.2. The van der Waals surface area contributed by atoms with E-state index in [9.17, 15) is 57.8 Å². The van der Waals surface area contributed by atoms with E-state index in [1.54, 1.807) is 39.8 Å². The lowest BCUT2D eigenvalue weighted by Gasteiger charge is -2.32. The van der Waals surface area contributed by atoms with Gasteiger partial charge in [0, 0.05) is 30.6 Å². The number of nitrogens with zero attached hydrogens (tertiary/aromatic N) is 1. The van der Waals surface area contributed by atoms with E-state index in [-0.39, 0.29) is 50.3 Å². The van der Waals surface area contributed by atoms with E-state index >= 15 is 0 Å². The highest BCUT2D eigenvalue weighted by Crippen LogP contribution is 2.41. The number of hydrogen-bond donors (Lipinski definition) is 11. The molecule has 0 radical (unpaired) electrons. The molecule has 0 saturated carbocycles. The van der Waals surface area contributed by atoms with Crippen LogP contribution in [0.5, 0.6) is 5.75 Å². The molecule has 25 heteroatoms. The maximum absolute atomic E-state index is 14.6. The molecule has 0 aliphatic carbocycles. The summed E-state index contributed by atoms with van der Waals surface area (Å²) >= 11 is 0. The first-order valence-corrected chi connectivity index (χ1v) is 24.9. The summed E-state index contributed by atoms with van der Waals surface area (Å²) in [5.74, 6) is -9.89. The monoisotopic (exact) mass is 1010 g/mol. The number of nitrogens with one attached hydrogen (secondary N) is 7. The number of amides is 11. The van der Waals surface area contributed by atoms with Gasteiger partial charge in [0.25, 0.3) is 5.91 Å². The van der Waals surface area contributed by atoms with E-state index in [2.05, 4.69) is 37.2 Å². The summed E-state index contributed by atoms with van der Waals surface area (Å²) in [6, 6.07) is -2.24.